The summed E-state index contributed by atoms with van der Waals surface area (Å²) in [4.78, 5) is 27.4. The molecule has 2 heterocycles. The molecule has 144 valence electrons. The Kier molecular flexibility index (Phi) is 6.39. The highest BCUT2D eigenvalue weighted by Gasteiger charge is 2.30. The summed E-state index contributed by atoms with van der Waals surface area (Å²) in [7, 11) is 3.20. The molecule has 2 aromatic rings. The Labute approximate surface area is 167 Å². The van der Waals surface area contributed by atoms with Gasteiger partial charge in [0.05, 0.1) is 29.5 Å². The first-order valence-corrected chi connectivity index (χ1v) is 10.0. The third-order valence-electron chi connectivity index (χ3n) is 4.78. The van der Waals surface area contributed by atoms with E-state index in [4.69, 9.17) is 21.1 Å². The molecule has 0 radical (unpaired) electrons. The number of nitrogens with zero attached hydrogens (tertiary/aromatic N) is 1. The van der Waals surface area contributed by atoms with Crippen molar-refractivity contribution in [3.05, 3.63) is 45.1 Å². The van der Waals surface area contributed by atoms with E-state index in [0.717, 1.165) is 18.4 Å². The summed E-state index contributed by atoms with van der Waals surface area (Å²) in [6, 6.07) is 9.17. The molecular formula is C20H22ClNO4S. The summed E-state index contributed by atoms with van der Waals surface area (Å²) in [5, 5.41) is 0. The molecule has 1 fully saturated rings. The van der Waals surface area contributed by atoms with Crippen molar-refractivity contribution in [1.82, 2.24) is 4.90 Å². The lowest BCUT2D eigenvalue weighted by atomic mass is 10.0. The van der Waals surface area contributed by atoms with E-state index in [9.17, 15) is 9.59 Å². The van der Waals surface area contributed by atoms with Gasteiger partial charge in [0.1, 0.15) is 0 Å². The first-order valence-electron chi connectivity index (χ1n) is 8.83. The fourth-order valence-corrected chi connectivity index (χ4v) is 4.43. The molecular weight excluding hydrogens is 386 g/mol. The molecule has 0 saturated carbocycles. The van der Waals surface area contributed by atoms with Crippen LogP contribution in [0.2, 0.25) is 4.34 Å². The molecule has 1 saturated heterocycles. The first kappa shape index (κ1) is 19.7. The number of rotatable bonds is 7. The van der Waals surface area contributed by atoms with Crippen LogP contribution in [0.4, 0.5) is 0 Å². The number of likely N-dealkylation sites (tertiary alicyclic amines) is 1. The van der Waals surface area contributed by atoms with E-state index < -0.39 is 0 Å². The average molecular weight is 408 g/mol. The van der Waals surface area contributed by atoms with E-state index in [0.29, 0.717) is 27.3 Å². The molecule has 1 aromatic carbocycles. The number of carbonyl (C=O) groups excluding carboxylic acids is 2. The highest BCUT2D eigenvalue weighted by Crippen LogP contribution is 2.37. The summed E-state index contributed by atoms with van der Waals surface area (Å²) in [5.74, 6) is 1.28. The zero-order valence-electron chi connectivity index (χ0n) is 15.4. The van der Waals surface area contributed by atoms with Crippen molar-refractivity contribution < 1.29 is 19.1 Å². The normalized spacial score (nSPS) is 16.4. The number of carbonyl (C=O) groups is 2. The van der Waals surface area contributed by atoms with E-state index >= 15 is 0 Å². The van der Waals surface area contributed by atoms with Crippen molar-refractivity contribution in [3.8, 4) is 11.5 Å². The highest BCUT2D eigenvalue weighted by molar-refractivity contribution is 7.18. The Bertz CT molecular complexity index is 835. The van der Waals surface area contributed by atoms with Gasteiger partial charge in [-0.1, -0.05) is 17.7 Å². The van der Waals surface area contributed by atoms with Crippen LogP contribution in [0.1, 0.15) is 47.0 Å². The number of methoxy groups -OCH3 is 2. The number of hydrogen-bond acceptors (Lipinski definition) is 5. The summed E-state index contributed by atoms with van der Waals surface area (Å²) in [5.41, 5.74) is 1.02. The highest BCUT2D eigenvalue weighted by atomic mass is 35.5. The Morgan fingerprint density at radius 2 is 1.93 bits per heavy atom. The number of amides is 1. The van der Waals surface area contributed by atoms with Crippen molar-refractivity contribution >= 4 is 34.6 Å². The zero-order chi connectivity index (χ0) is 19.4. The van der Waals surface area contributed by atoms with Gasteiger partial charge in [-0.05, 0) is 42.7 Å². The van der Waals surface area contributed by atoms with Crippen LogP contribution in [0.25, 0.3) is 0 Å². The molecule has 1 atom stereocenters. The lowest BCUT2D eigenvalue weighted by Gasteiger charge is -2.25. The van der Waals surface area contributed by atoms with E-state index in [-0.39, 0.29) is 30.6 Å². The van der Waals surface area contributed by atoms with Gasteiger partial charge in [0, 0.05) is 19.4 Å². The van der Waals surface area contributed by atoms with Crippen molar-refractivity contribution in [1.29, 1.82) is 0 Å². The number of Topliss-reactive ketones (excluding diaryl/α,β-unsaturated/α-hetero) is 1. The molecule has 0 N–H and O–H groups in total. The molecule has 0 spiro atoms. The minimum atomic E-state index is -0.0397. The van der Waals surface area contributed by atoms with Gasteiger partial charge in [0.25, 0.3) is 0 Å². The average Bonchev–Trinajstić information content (AvgIpc) is 3.34. The fourth-order valence-electron chi connectivity index (χ4n) is 3.42. The Morgan fingerprint density at radius 1 is 1.15 bits per heavy atom. The number of halogens is 1. The second-order valence-corrected chi connectivity index (χ2v) is 8.10. The van der Waals surface area contributed by atoms with Crippen molar-refractivity contribution in [2.45, 2.75) is 31.7 Å². The molecule has 1 aliphatic heterocycles. The Balaban J connectivity index is 1.66. The predicted molar refractivity (Wildman–Crippen MR) is 106 cm³/mol. The second kappa shape index (κ2) is 8.76. The van der Waals surface area contributed by atoms with E-state index in [1.807, 2.05) is 23.1 Å². The molecule has 0 bridgehead atoms. The summed E-state index contributed by atoms with van der Waals surface area (Å²) in [6.45, 7) is 0.705. The molecule has 3 rings (SSSR count). The van der Waals surface area contributed by atoms with Crippen LogP contribution < -0.4 is 9.47 Å². The molecule has 1 aromatic heterocycles. The third-order valence-corrected chi connectivity index (χ3v) is 6.05. The van der Waals surface area contributed by atoms with E-state index in [1.165, 1.54) is 11.3 Å². The maximum atomic E-state index is 12.7. The standard InChI is InChI=1S/C20H22ClNO4S/c1-25-16-7-5-13(12-17(16)26-2)14-4-3-11-22(14)20(24)10-6-15(23)18-8-9-19(21)27-18/h5,7-9,12,14H,3-4,6,10-11H2,1-2H3/t14-/m1/s1. The Morgan fingerprint density at radius 3 is 2.59 bits per heavy atom. The molecule has 1 amide bonds. The van der Waals surface area contributed by atoms with Gasteiger partial charge in [0.2, 0.25) is 5.91 Å². The number of hydrogen-bond donors (Lipinski definition) is 0. The van der Waals surface area contributed by atoms with Gasteiger partial charge < -0.3 is 14.4 Å². The van der Waals surface area contributed by atoms with Gasteiger partial charge in [-0.15, -0.1) is 11.3 Å². The molecule has 0 unspecified atom stereocenters. The van der Waals surface area contributed by atoms with Gasteiger partial charge in [-0.25, -0.2) is 0 Å². The van der Waals surface area contributed by atoms with Crippen molar-refractivity contribution in [3.63, 3.8) is 0 Å². The minimum Gasteiger partial charge on any atom is -0.493 e. The van der Waals surface area contributed by atoms with Crippen LogP contribution >= 0.6 is 22.9 Å². The largest absolute Gasteiger partial charge is 0.493 e. The molecule has 1 aliphatic rings. The monoisotopic (exact) mass is 407 g/mol. The maximum absolute atomic E-state index is 12.7. The molecule has 27 heavy (non-hydrogen) atoms. The summed E-state index contributed by atoms with van der Waals surface area (Å²) in [6.07, 6.45) is 2.25. The predicted octanol–water partition coefficient (Wildman–Crippen LogP) is 4.75. The fraction of sp³-hybridized carbons (Fsp3) is 0.400. The minimum absolute atomic E-state index is 0.00304. The van der Waals surface area contributed by atoms with E-state index in [2.05, 4.69) is 0 Å². The van der Waals surface area contributed by atoms with Crippen LogP contribution in [0.15, 0.2) is 30.3 Å². The number of ketones is 1. The number of thiophene rings is 1. The van der Waals surface area contributed by atoms with Crippen molar-refractivity contribution in [2.75, 3.05) is 20.8 Å². The summed E-state index contributed by atoms with van der Waals surface area (Å²) >= 11 is 7.13. The van der Waals surface area contributed by atoms with Crippen LogP contribution in [-0.4, -0.2) is 37.4 Å². The molecule has 7 heteroatoms. The van der Waals surface area contributed by atoms with Gasteiger partial charge in [-0.2, -0.15) is 0 Å². The molecule has 5 nitrogen and oxygen atoms in total. The maximum Gasteiger partial charge on any atom is 0.223 e. The second-order valence-electron chi connectivity index (χ2n) is 6.39. The third kappa shape index (κ3) is 4.45. The molecule has 0 aliphatic carbocycles. The van der Waals surface area contributed by atoms with Gasteiger partial charge >= 0.3 is 0 Å². The van der Waals surface area contributed by atoms with Crippen molar-refractivity contribution in [2.24, 2.45) is 0 Å². The lowest BCUT2D eigenvalue weighted by molar-refractivity contribution is -0.132. The topological polar surface area (TPSA) is 55.8 Å². The van der Waals surface area contributed by atoms with Crippen LogP contribution in [0.3, 0.4) is 0 Å². The van der Waals surface area contributed by atoms with Gasteiger partial charge in [-0.3, -0.25) is 9.59 Å². The SMILES string of the molecule is COc1ccc([C@H]2CCCN2C(=O)CCC(=O)c2ccc(Cl)s2)cc1OC. The lowest BCUT2D eigenvalue weighted by Crippen LogP contribution is -2.30. The summed E-state index contributed by atoms with van der Waals surface area (Å²) < 4.78 is 11.2. The van der Waals surface area contributed by atoms with E-state index in [1.54, 1.807) is 26.4 Å². The Hall–Kier alpha value is -2.05. The zero-order valence-corrected chi connectivity index (χ0v) is 16.9. The van der Waals surface area contributed by atoms with Crippen LogP contribution in [-0.2, 0) is 4.79 Å². The number of benzene rings is 1. The quantitative estimate of drug-likeness (QED) is 0.622. The van der Waals surface area contributed by atoms with Crippen LogP contribution in [0, 0.1) is 0 Å². The van der Waals surface area contributed by atoms with Gasteiger partial charge in [0.15, 0.2) is 17.3 Å². The number of ether oxygens (including phenoxy) is 2. The first-order chi connectivity index (χ1) is 13.0. The smallest absolute Gasteiger partial charge is 0.223 e. The van der Waals surface area contributed by atoms with Crippen LogP contribution in [0.5, 0.6) is 11.5 Å².